The van der Waals surface area contributed by atoms with E-state index in [1.807, 2.05) is 14.1 Å². The average Bonchev–Trinajstić information content (AvgIpc) is 2.49. The van der Waals surface area contributed by atoms with Crippen molar-refractivity contribution in [1.82, 2.24) is 10.9 Å². The van der Waals surface area contributed by atoms with Crippen LogP contribution in [0.2, 0.25) is 0 Å². The van der Waals surface area contributed by atoms with Crippen molar-refractivity contribution in [3.63, 3.8) is 0 Å². The molecule has 0 spiro atoms. The van der Waals surface area contributed by atoms with Crippen LogP contribution in [0.15, 0.2) is 10.2 Å². The van der Waals surface area contributed by atoms with Gasteiger partial charge in [-0.25, -0.2) is 0 Å². The lowest BCUT2D eigenvalue weighted by Gasteiger charge is -2.36. The Bertz CT molecular complexity index is 307. The molecule has 2 aliphatic rings. The molecule has 0 aromatic heterocycles. The van der Waals surface area contributed by atoms with E-state index in [0.29, 0.717) is 0 Å². The van der Waals surface area contributed by atoms with E-state index in [1.54, 1.807) is 0 Å². The summed E-state index contributed by atoms with van der Waals surface area (Å²) < 4.78 is 0. The monoisotopic (exact) mass is 278 g/mol. The third-order valence-electron chi connectivity index (χ3n) is 5.24. The molecule has 2 N–H and O–H groups in total. The van der Waals surface area contributed by atoms with E-state index in [-0.39, 0.29) is 0 Å². The smallest absolute Gasteiger partial charge is 0.0378 e. The molecule has 114 valence electrons. The summed E-state index contributed by atoms with van der Waals surface area (Å²) in [4.78, 5) is 0. The van der Waals surface area contributed by atoms with Gasteiger partial charge in [-0.15, -0.1) is 0 Å². The molecule has 0 atom stereocenters. The Hall–Kier alpha value is -1.06. The third-order valence-corrected chi connectivity index (χ3v) is 5.24. The highest BCUT2D eigenvalue weighted by molar-refractivity contribution is 5.85. The largest absolute Gasteiger partial charge is 0.313 e. The molecule has 2 saturated carbocycles. The first-order chi connectivity index (χ1) is 9.74. The number of hydrazone groups is 2. The number of rotatable bonds is 4. The molecule has 2 fully saturated rings. The van der Waals surface area contributed by atoms with Gasteiger partial charge in [-0.2, -0.15) is 10.2 Å². The molecule has 0 aromatic rings. The number of nitrogens with zero attached hydrogens (tertiary/aromatic N) is 2. The molecule has 0 aliphatic heterocycles. The zero-order valence-corrected chi connectivity index (χ0v) is 13.3. The van der Waals surface area contributed by atoms with Crippen LogP contribution >= 0.6 is 0 Å². The molecular weight excluding hydrogens is 248 g/mol. The third kappa shape index (κ3) is 3.97. The summed E-state index contributed by atoms with van der Waals surface area (Å²) in [5.74, 6) is 2.67. The number of hydrogen-bond donors (Lipinski definition) is 2. The fourth-order valence-electron chi connectivity index (χ4n) is 3.92. The molecule has 0 bridgehead atoms. The van der Waals surface area contributed by atoms with Crippen molar-refractivity contribution in [2.45, 2.75) is 58.3 Å². The van der Waals surface area contributed by atoms with Crippen LogP contribution in [0.5, 0.6) is 0 Å². The molecular formula is C16H30N4. The van der Waals surface area contributed by atoms with Crippen LogP contribution in [0.4, 0.5) is 0 Å². The topological polar surface area (TPSA) is 48.8 Å². The molecule has 0 aromatic carbocycles. The van der Waals surface area contributed by atoms with Crippen molar-refractivity contribution < 1.29 is 0 Å². The Balaban J connectivity index is 1.80. The van der Waals surface area contributed by atoms with Crippen LogP contribution in [0.1, 0.15) is 58.3 Å². The standard InChI is InChI=1S/C16H30N4/c1-12(13-4-8-15(9-5-13)19-17-2)14-6-10-16(11-7-14)20-18-3/h12-14,17-18H,4-11H2,1-3H3. The van der Waals surface area contributed by atoms with Gasteiger partial charge >= 0.3 is 0 Å². The van der Waals surface area contributed by atoms with Gasteiger partial charge in [0.05, 0.1) is 0 Å². The van der Waals surface area contributed by atoms with Crippen LogP contribution in [-0.2, 0) is 0 Å². The maximum Gasteiger partial charge on any atom is 0.0378 e. The highest BCUT2D eigenvalue weighted by Gasteiger charge is 2.30. The second kappa shape index (κ2) is 7.65. The minimum atomic E-state index is 0.863. The highest BCUT2D eigenvalue weighted by atomic mass is 15.3. The van der Waals surface area contributed by atoms with Gasteiger partial charge in [0.15, 0.2) is 0 Å². The molecule has 0 heterocycles. The van der Waals surface area contributed by atoms with Crippen molar-refractivity contribution in [2.75, 3.05) is 14.1 Å². The minimum absolute atomic E-state index is 0.863. The average molecular weight is 278 g/mol. The first-order valence-corrected chi connectivity index (χ1v) is 8.19. The SMILES string of the molecule is CNN=C1CCC(C(C)C2CCC(=NNC)CC2)CC1. The van der Waals surface area contributed by atoms with Crippen molar-refractivity contribution in [1.29, 1.82) is 0 Å². The van der Waals surface area contributed by atoms with Gasteiger partial charge in [0, 0.05) is 25.5 Å². The van der Waals surface area contributed by atoms with Gasteiger partial charge in [0.1, 0.15) is 0 Å². The molecule has 4 heteroatoms. The second-order valence-corrected chi connectivity index (χ2v) is 6.34. The summed E-state index contributed by atoms with van der Waals surface area (Å²) in [6.07, 6.45) is 10.1. The van der Waals surface area contributed by atoms with Crippen LogP contribution < -0.4 is 10.9 Å². The number of nitrogens with one attached hydrogen (secondary N) is 2. The van der Waals surface area contributed by atoms with E-state index in [2.05, 4.69) is 28.0 Å². The first kappa shape index (κ1) is 15.3. The van der Waals surface area contributed by atoms with E-state index in [1.165, 1.54) is 62.8 Å². The van der Waals surface area contributed by atoms with Crippen molar-refractivity contribution in [3.8, 4) is 0 Å². The van der Waals surface area contributed by atoms with Crippen molar-refractivity contribution >= 4 is 11.4 Å². The number of hydrogen-bond acceptors (Lipinski definition) is 4. The summed E-state index contributed by atoms with van der Waals surface area (Å²) in [6, 6.07) is 0. The fraction of sp³-hybridized carbons (Fsp3) is 0.875. The van der Waals surface area contributed by atoms with E-state index in [4.69, 9.17) is 0 Å². The van der Waals surface area contributed by atoms with E-state index < -0.39 is 0 Å². The Morgan fingerprint density at radius 2 is 1.15 bits per heavy atom. The molecule has 0 unspecified atom stereocenters. The molecule has 0 amide bonds. The lowest BCUT2D eigenvalue weighted by atomic mass is 9.70. The first-order valence-electron chi connectivity index (χ1n) is 8.19. The summed E-state index contributed by atoms with van der Waals surface area (Å²) >= 11 is 0. The maximum atomic E-state index is 4.36. The molecule has 2 rings (SSSR count). The summed E-state index contributed by atoms with van der Waals surface area (Å²) in [7, 11) is 3.79. The van der Waals surface area contributed by atoms with E-state index >= 15 is 0 Å². The van der Waals surface area contributed by atoms with Crippen molar-refractivity contribution in [2.24, 2.45) is 28.0 Å². The predicted octanol–water partition coefficient (Wildman–Crippen LogP) is 3.15. The normalized spacial score (nSPS) is 28.8. The summed E-state index contributed by atoms with van der Waals surface area (Å²) in [5.41, 5.74) is 8.59. The molecule has 0 saturated heterocycles. The van der Waals surface area contributed by atoms with Gasteiger partial charge in [-0.1, -0.05) is 6.92 Å². The maximum absolute atomic E-state index is 4.36. The Labute approximate surface area is 123 Å². The molecule has 2 aliphatic carbocycles. The second-order valence-electron chi connectivity index (χ2n) is 6.34. The summed E-state index contributed by atoms with van der Waals surface area (Å²) in [5, 5.41) is 8.73. The Kier molecular flexibility index (Phi) is 5.86. The van der Waals surface area contributed by atoms with Gasteiger partial charge in [-0.05, 0) is 69.1 Å². The van der Waals surface area contributed by atoms with E-state index in [9.17, 15) is 0 Å². The van der Waals surface area contributed by atoms with Gasteiger partial charge in [-0.3, -0.25) is 0 Å². The molecule has 0 radical (unpaired) electrons. The zero-order chi connectivity index (χ0) is 14.4. The lowest BCUT2D eigenvalue weighted by Crippen LogP contribution is -2.29. The van der Waals surface area contributed by atoms with Crippen LogP contribution in [0.3, 0.4) is 0 Å². The molecule has 20 heavy (non-hydrogen) atoms. The lowest BCUT2D eigenvalue weighted by molar-refractivity contribution is 0.197. The van der Waals surface area contributed by atoms with Gasteiger partial charge in [0.25, 0.3) is 0 Å². The highest BCUT2D eigenvalue weighted by Crippen LogP contribution is 2.38. The van der Waals surface area contributed by atoms with Crippen LogP contribution in [0, 0.1) is 17.8 Å². The quantitative estimate of drug-likeness (QED) is 0.776. The minimum Gasteiger partial charge on any atom is -0.313 e. The van der Waals surface area contributed by atoms with Crippen molar-refractivity contribution in [3.05, 3.63) is 0 Å². The predicted molar refractivity (Wildman–Crippen MR) is 86.1 cm³/mol. The Morgan fingerprint density at radius 1 is 0.800 bits per heavy atom. The summed E-state index contributed by atoms with van der Waals surface area (Å²) in [6.45, 7) is 2.48. The van der Waals surface area contributed by atoms with Gasteiger partial charge in [0.2, 0.25) is 0 Å². The van der Waals surface area contributed by atoms with Gasteiger partial charge < -0.3 is 10.9 Å². The zero-order valence-electron chi connectivity index (χ0n) is 13.3. The Morgan fingerprint density at radius 3 is 1.45 bits per heavy atom. The van der Waals surface area contributed by atoms with Crippen LogP contribution in [0.25, 0.3) is 0 Å². The van der Waals surface area contributed by atoms with Crippen LogP contribution in [-0.4, -0.2) is 25.5 Å². The van der Waals surface area contributed by atoms with E-state index in [0.717, 1.165) is 17.8 Å². The molecule has 4 nitrogen and oxygen atoms in total. The fourth-order valence-corrected chi connectivity index (χ4v) is 3.92.